The topological polar surface area (TPSA) is 32.3 Å². The second-order valence-corrected chi connectivity index (χ2v) is 7.99. The van der Waals surface area contributed by atoms with Crippen LogP contribution < -0.4 is 10.2 Å². The van der Waals surface area contributed by atoms with Crippen molar-refractivity contribution in [1.29, 1.82) is 0 Å². The van der Waals surface area contributed by atoms with Crippen LogP contribution in [0.2, 0.25) is 0 Å². The van der Waals surface area contributed by atoms with E-state index in [2.05, 4.69) is 11.9 Å². The molecule has 7 heteroatoms. The predicted molar refractivity (Wildman–Crippen MR) is 120 cm³/mol. The summed E-state index contributed by atoms with van der Waals surface area (Å²) in [6, 6.07) is 16.8. The molecule has 170 valence electrons. The van der Waals surface area contributed by atoms with Crippen LogP contribution in [0.15, 0.2) is 79.4 Å². The summed E-state index contributed by atoms with van der Waals surface area (Å²) in [5.74, 6) is -0.641. The van der Waals surface area contributed by atoms with E-state index < -0.39 is 11.7 Å². The molecule has 0 saturated heterocycles. The second kappa shape index (κ2) is 9.10. The Balaban J connectivity index is 1.74. The number of halogens is 4. The molecule has 1 amide bonds. The van der Waals surface area contributed by atoms with Gasteiger partial charge in [-0.05, 0) is 78.1 Å². The molecule has 0 spiro atoms. The summed E-state index contributed by atoms with van der Waals surface area (Å²) in [6.45, 7) is 3.88. The number of anilines is 2. The highest BCUT2D eigenvalue weighted by atomic mass is 19.4. The van der Waals surface area contributed by atoms with Crippen molar-refractivity contribution in [2.24, 2.45) is 0 Å². The molecule has 1 unspecified atom stereocenters. The molecule has 1 N–H and O–H groups in total. The average Bonchev–Trinajstić information content (AvgIpc) is 2.78. The lowest BCUT2D eigenvalue weighted by molar-refractivity contribution is -0.137. The van der Waals surface area contributed by atoms with Gasteiger partial charge in [-0.25, -0.2) is 4.39 Å². The van der Waals surface area contributed by atoms with Gasteiger partial charge in [-0.2, -0.15) is 13.2 Å². The lowest BCUT2D eigenvalue weighted by Crippen LogP contribution is -2.46. The lowest BCUT2D eigenvalue weighted by atomic mass is 9.90. The van der Waals surface area contributed by atoms with E-state index in [-0.39, 0.29) is 17.8 Å². The van der Waals surface area contributed by atoms with Crippen LogP contribution in [0.25, 0.3) is 0 Å². The quantitative estimate of drug-likeness (QED) is 0.390. The number of amides is 1. The summed E-state index contributed by atoms with van der Waals surface area (Å²) >= 11 is 0. The van der Waals surface area contributed by atoms with Gasteiger partial charge >= 0.3 is 6.18 Å². The van der Waals surface area contributed by atoms with Crippen LogP contribution >= 0.6 is 0 Å². The van der Waals surface area contributed by atoms with Crippen molar-refractivity contribution in [3.8, 4) is 0 Å². The minimum absolute atomic E-state index is 0.279. The third-order valence-electron chi connectivity index (χ3n) is 5.71. The molecule has 3 nitrogen and oxygen atoms in total. The minimum Gasteiger partial charge on any atom is -0.348 e. The van der Waals surface area contributed by atoms with E-state index in [0.717, 1.165) is 34.5 Å². The van der Waals surface area contributed by atoms with Crippen molar-refractivity contribution in [3.63, 3.8) is 0 Å². The highest BCUT2D eigenvalue weighted by molar-refractivity contribution is 5.87. The zero-order valence-corrected chi connectivity index (χ0v) is 17.7. The number of carbonyl (C=O) groups is 1. The molecule has 1 aliphatic heterocycles. The fraction of sp³-hybridized carbons (Fsp3) is 0.192. The summed E-state index contributed by atoms with van der Waals surface area (Å²) in [6.07, 6.45) is -2.20. The van der Waals surface area contributed by atoms with Gasteiger partial charge in [0.15, 0.2) is 0 Å². The first kappa shape index (κ1) is 22.6. The number of hydrogen-bond acceptors (Lipinski definition) is 2. The van der Waals surface area contributed by atoms with Gasteiger partial charge in [-0.1, -0.05) is 30.8 Å². The molecular weight excluding hydrogens is 432 g/mol. The van der Waals surface area contributed by atoms with Gasteiger partial charge in [0.1, 0.15) is 5.82 Å². The van der Waals surface area contributed by atoms with Gasteiger partial charge in [-0.15, -0.1) is 0 Å². The largest absolute Gasteiger partial charge is 0.416 e. The smallest absolute Gasteiger partial charge is 0.348 e. The average molecular weight is 454 g/mol. The monoisotopic (exact) mass is 454 g/mol. The first-order chi connectivity index (χ1) is 15.7. The predicted octanol–water partition coefficient (Wildman–Crippen LogP) is 5.80. The van der Waals surface area contributed by atoms with Crippen molar-refractivity contribution in [1.82, 2.24) is 5.32 Å². The molecule has 1 aliphatic rings. The van der Waals surface area contributed by atoms with Crippen LogP contribution in [0.3, 0.4) is 0 Å². The van der Waals surface area contributed by atoms with Crippen molar-refractivity contribution in [2.75, 3.05) is 11.4 Å². The molecule has 1 atom stereocenters. The van der Waals surface area contributed by atoms with Gasteiger partial charge in [0.2, 0.25) is 5.91 Å². The van der Waals surface area contributed by atoms with E-state index in [1.165, 1.54) is 30.3 Å². The number of nitrogens with one attached hydrogen (secondary N) is 1. The van der Waals surface area contributed by atoms with Gasteiger partial charge < -0.3 is 10.2 Å². The molecule has 0 aliphatic carbocycles. The Morgan fingerprint density at radius 1 is 1.09 bits per heavy atom. The van der Waals surface area contributed by atoms with Gasteiger partial charge in [0.25, 0.3) is 0 Å². The molecule has 0 fully saturated rings. The number of nitrogens with zero attached hydrogens (tertiary/aromatic N) is 1. The van der Waals surface area contributed by atoms with Crippen LogP contribution in [-0.2, 0) is 23.8 Å². The molecule has 4 rings (SSSR count). The fourth-order valence-electron chi connectivity index (χ4n) is 4.20. The third kappa shape index (κ3) is 5.08. The molecule has 33 heavy (non-hydrogen) atoms. The number of alkyl halides is 3. The summed E-state index contributed by atoms with van der Waals surface area (Å²) in [4.78, 5) is 13.9. The van der Waals surface area contributed by atoms with E-state index in [1.54, 1.807) is 6.07 Å². The first-order valence-electron chi connectivity index (χ1n) is 10.5. The molecule has 0 saturated carbocycles. The zero-order chi connectivity index (χ0) is 23.6. The van der Waals surface area contributed by atoms with Crippen molar-refractivity contribution in [2.45, 2.75) is 25.1 Å². The Morgan fingerprint density at radius 3 is 2.48 bits per heavy atom. The number of hydrogen-bond donors (Lipinski definition) is 1. The van der Waals surface area contributed by atoms with Crippen LogP contribution in [0.5, 0.6) is 0 Å². The van der Waals surface area contributed by atoms with E-state index in [9.17, 15) is 22.4 Å². The normalized spacial score (nSPS) is 15.6. The van der Waals surface area contributed by atoms with E-state index in [0.29, 0.717) is 25.1 Å². The van der Waals surface area contributed by atoms with Crippen molar-refractivity contribution >= 4 is 17.3 Å². The summed E-state index contributed by atoms with van der Waals surface area (Å²) in [5, 5.41) is 2.91. The Labute approximate surface area is 189 Å². The number of rotatable bonds is 5. The molecule has 1 heterocycles. The number of carbonyl (C=O) groups excluding carboxylic acids is 1. The fourth-order valence-corrected chi connectivity index (χ4v) is 4.20. The summed E-state index contributed by atoms with van der Waals surface area (Å²) in [7, 11) is 0. The first-order valence-corrected chi connectivity index (χ1v) is 10.5. The number of benzene rings is 3. The third-order valence-corrected chi connectivity index (χ3v) is 5.71. The second-order valence-electron chi connectivity index (χ2n) is 7.99. The van der Waals surface area contributed by atoms with E-state index >= 15 is 0 Å². The van der Waals surface area contributed by atoms with Crippen LogP contribution in [-0.4, -0.2) is 18.5 Å². The Morgan fingerprint density at radius 2 is 1.82 bits per heavy atom. The zero-order valence-electron chi connectivity index (χ0n) is 17.7. The highest BCUT2D eigenvalue weighted by Crippen LogP contribution is 2.38. The maximum absolute atomic E-state index is 13.7. The maximum atomic E-state index is 13.7. The molecule has 3 aromatic rings. The SMILES string of the molecule is C=CC(=O)NC1Cc2c(Cc3cccc(F)c3)cccc2N(c2ccc(C(F)(F)F)cc2)C1. The standard InChI is InChI=1S/C26H22F4N2O/c1-2-25(33)31-21-15-23-18(13-17-5-3-7-20(27)14-17)6-4-8-24(23)32(16-21)22-11-9-19(10-12-22)26(28,29)30/h2-12,14,21H,1,13,15-16H2,(H,31,33). The molecule has 0 bridgehead atoms. The number of fused-ring (bicyclic) bond motifs is 1. The maximum Gasteiger partial charge on any atom is 0.416 e. The minimum atomic E-state index is -4.42. The van der Waals surface area contributed by atoms with Gasteiger partial charge in [0, 0.05) is 17.9 Å². The Hall–Kier alpha value is -3.61. The van der Waals surface area contributed by atoms with Crippen molar-refractivity contribution < 1.29 is 22.4 Å². The Bertz CT molecular complexity index is 1170. The lowest BCUT2D eigenvalue weighted by Gasteiger charge is -2.37. The summed E-state index contributed by atoms with van der Waals surface area (Å²) in [5.41, 5.74) is 3.45. The molecule has 0 aromatic heterocycles. The van der Waals surface area contributed by atoms with Crippen LogP contribution in [0.1, 0.15) is 22.3 Å². The molecular formula is C26H22F4N2O. The van der Waals surface area contributed by atoms with Gasteiger partial charge in [-0.3, -0.25) is 4.79 Å². The van der Waals surface area contributed by atoms with E-state index in [1.807, 2.05) is 29.2 Å². The molecule has 0 radical (unpaired) electrons. The van der Waals surface area contributed by atoms with Crippen LogP contribution in [0.4, 0.5) is 28.9 Å². The highest BCUT2D eigenvalue weighted by Gasteiger charge is 2.31. The van der Waals surface area contributed by atoms with E-state index in [4.69, 9.17) is 0 Å². The van der Waals surface area contributed by atoms with Crippen LogP contribution in [0, 0.1) is 5.82 Å². The van der Waals surface area contributed by atoms with Gasteiger partial charge in [0.05, 0.1) is 11.6 Å². The van der Waals surface area contributed by atoms with Crippen molar-refractivity contribution in [3.05, 3.63) is 107 Å². The molecule has 3 aromatic carbocycles. The summed E-state index contributed by atoms with van der Waals surface area (Å²) < 4.78 is 52.8. The Kier molecular flexibility index (Phi) is 6.22.